The first-order valence-corrected chi connectivity index (χ1v) is 10.8. The van der Waals surface area contributed by atoms with Gasteiger partial charge < -0.3 is 9.32 Å². The molecule has 1 atom stereocenters. The average Bonchev–Trinajstić information content (AvgIpc) is 3.49. The van der Waals surface area contributed by atoms with Gasteiger partial charge in [-0.05, 0) is 54.3 Å². The van der Waals surface area contributed by atoms with E-state index in [4.69, 9.17) is 4.42 Å². The van der Waals surface area contributed by atoms with Gasteiger partial charge in [-0.25, -0.2) is 4.98 Å². The minimum atomic E-state index is -4.40. The molecular formula is C25H18F3N3O4. The number of amides is 1. The number of halogens is 3. The fraction of sp³-hybridized carbons (Fsp3) is 0.200. The van der Waals surface area contributed by atoms with Gasteiger partial charge in [-0.1, -0.05) is 24.3 Å². The number of nitrogens with zero attached hydrogens (tertiary/aromatic N) is 3. The van der Waals surface area contributed by atoms with Crippen LogP contribution >= 0.6 is 0 Å². The van der Waals surface area contributed by atoms with E-state index in [9.17, 15) is 28.1 Å². The van der Waals surface area contributed by atoms with Gasteiger partial charge in [0.05, 0.1) is 10.5 Å². The lowest BCUT2D eigenvalue weighted by molar-refractivity contribution is -0.384. The molecule has 1 fully saturated rings. The number of hydrogen-bond donors (Lipinski definition) is 0. The maximum atomic E-state index is 13.1. The first-order chi connectivity index (χ1) is 16.7. The highest BCUT2D eigenvalue weighted by molar-refractivity contribution is 5.95. The molecule has 0 bridgehead atoms. The Morgan fingerprint density at radius 1 is 1.06 bits per heavy atom. The number of rotatable bonds is 4. The van der Waals surface area contributed by atoms with Crippen molar-refractivity contribution in [3.05, 3.63) is 93.9 Å². The zero-order chi connectivity index (χ0) is 24.7. The number of fused-ring (bicyclic) bond motifs is 1. The van der Waals surface area contributed by atoms with Crippen molar-refractivity contribution in [1.29, 1.82) is 0 Å². The molecule has 1 aliphatic rings. The molecule has 0 radical (unpaired) electrons. The topological polar surface area (TPSA) is 89.5 Å². The Labute approximate surface area is 196 Å². The van der Waals surface area contributed by atoms with E-state index >= 15 is 0 Å². The van der Waals surface area contributed by atoms with E-state index in [2.05, 4.69) is 4.98 Å². The maximum Gasteiger partial charge on any atom is 0.416 e. The second-order valence-corrected chi connectivity index (χ2v) is 8.27. The number of likely N-dealkylation sites (tertiary alicyclic amines) is 1. The number of nitro groups is 1. The van der Waals surface area contributed by atoms with E-state index in [0.717, 1.165) is 18.6 Å². The molecule has 35 heavy (non-hydrogen) atoms. The molecule has 2 heterocycles. The number of non-ortho nitro benzene ring substituents is 1. The Kier molecular flexibility index (Phi) is 5.50. The highest BCUT2D eigenvalue weighted by Crippen LogP contribution is 2.36. The van der Waals surface area contributed by atoms with Gasteiger partial charge in [-0.15, -0.1) is 0 Å². The van der Waals surface area contributed by atoms with Crippen molar-refractivity contribution in [2.75, 3.05) is 6.54 Å². The molecule has 4 aromatic rings. The molecule has 178 valence electrons. The standard InChI is InChI=1S/C25H18F3N3O4/c26-25(27,28)18-9-6-15(7-10-18)16-8-11-22-20(14-16)29-23(35-22)21-5-2-12-30(21)24(32)17-3-1-4-19(13-17)31(33)34/h1,3-4,6-11,13-14,21H,2,5,12H2/t21-/m1/s1. The summed E-state index contributed by atoms with van der Waals surface area (Å²) in [5.74, 6) is 0.00440. The maximum absolute atomic E-state index is 13.1. The SMILES string of the molecule is O=C(c1cccc([N+](=O)[O-])c1)N1CCC[C@@H]1c1nc2cc(-c3ccc(C(F)(F)F)cc3)ccc2o1. The normalized spacial score (nSPS) is 16.1. The number of benzene rings is 3. The smallest absolute Gasteiger partial charge is 0.416 e. The van der Waals surface area contributed by atoms with Gasteiger partial charge in [0.1, 0.15) is 11.6 Å². The summed E-state index contributed by atoms with van der Waals surface area (Å²) < 4.78 is 44.5. The van der Waals surface area contributed by atoms with Crippen LogP contribution in [0.15, 0.2) is 71.1 Å². The highest BCUT2D eigenvalue weighted by Gasteiger charge is 2.34. The Morgan fingerprint density at radius 3 is 2.51 bits per heavy atom. The minimum absolute atomic E-state index is 0.163. The lowest BCUT2D eigenvalue weighted by Gasteiger charge is -2.22. The third-order valence-corrected chi connectivity index (χ3v) is 6.05. The number of carbonyl (C=O) groups is 1. The van der Waals surface area contributed by atoms with E-state index in [1.807, 2.05) is 0 Å². The van der Waals surface area contributed by atoms with Gasteiger partial charge in [-0.3, -0.25) is 14.9 Å². The van der Waals surface area contributed by atoms with Crippen LogP contribution < -0.4 is 0 Å². The van der Waals surface area contributed by atoms with Crippen LogP contribution in [0, 0.1) is 10.1 Å². The quantitative estimate of drug-likeness (QED) is 0.249. The molecule has 7 nitrogen and oxygen atoms in total. The second kappa shape index (κ2) is 8.53. The predicted molar refractivity (Wildman–Crippen MR) is 121 cm³/mol. The second-order valence-electron chi connectivity index (χ2n) is 8.27. The van der Waals surface area contributed by atoms with Crippen molar-refractivity contribution in [3.8, 4) is 11.1 Å². The molecule has 0 aliphatic carbocycles. The summed E-state index contributed by atoms with van der Waals surface area (Å²) in [6.45, 7) is 0.460. The molecule has 0 saturated carbocycles. The van der Waals surface area contributed by atoms with Crippen molar-refractivity contribution in [2.24, 2.45) is 0 Å². The Balaban J connectivity index is 1.42. The number of alkyl halides is 3. The molecule has 1 aromatic heterocycles. The van der Waals surface area contributed by atoms with Crippen LogP contribution in [0.2, 0.25) is 0 Å². The highest BCUT2D eigenvalue weighted by atomic mass is 19.4. The lowest BCUT2D eigenvalue weighted by Crippen LogP contribution is -2.30. The van der Waals surface area contributed by atoms with Crippen LogP contribution in [0.1, 0.15) is 40.7 Å². The predicted octanol–water partition coefficient (Wildman–Crippen LogP) is 6.40. The molecule has 1 aliphatic heterocycles. The van der Waals surface area contributed by atoms with Crippen LogP contribution in [-0.4, -0.2) is 27.3 Å². The van der Waals surface area contributed by atoms with E-state index in [1.165, 1.54) is 36.4 Å². The Hall–Kier alpha value is -4.21. The van der Waals surface area contributed by atoms with Crippen molar-refractivity contribution in [3.63, 3.8) is 0 Å². The first kappa shape index (κ1) is 22.6. The first-order valence-electron chi connectivity index (χ1n) is 10.8. The zero-order valence-electron chi connectivity index (χ0n) is 18.2. The monoisotopic (exact) mass is 481 g/mol. The molecule has 5 rings (SSSR count). The molecule has 1 saturated heterocycles. The van der Waals surface area contributed by atoms with Gasteiger partial charge >= 0.3 is 6.18 Å². The van der Waals surface area contributed by atoms with Crippen LogP contribution in [0.4, 0.5) is 18.9 Å². The number of hydrogen-bond acceptors (Lipinski definition) is 5. The number of carbonyl (C=O) groups excluding carboxylic acids is 1. The number of nitro benzene ring substituents is 1. The number of aromatic nitrogens is 1. The van der Waals surface area contributed by atoms with Crippen molar-refractivity contribution < 1.29 is 27.3 Å². The summed E-state index contributed by atoms with van der Waals surface area (Å²) in [5, 5.41) is 11.1. The molecule has 0 N–H and O–H groups in total. The molecular weight excluding hydrogens is 463 g/mol. The molecule has 0 spiro atoms. The van der Waals surface area contributed by atoms with Gasteiger partial charge in [0.25, 0.3) is 11.6 Å². The minimum Gasteiger partial charge on any atom is -0.438 e. The fourth-order valence-electron chi connectivity index (χ4n) is 4.30. The molecule has 1 amide bonds. The van der Waals surface area contributed by atoms with Crippen LogP contribution in [0.25, 0.3) is 22.2 Å². The zero-order valence-corrected chi connectivity index (χ0v) is 18.2. The fourth-order valence-corrected chi connectivity index (χ4v) is 4.30. The largest absolute Gasteiger partial charge is 0.438 e. The van der Waals surface area contributed by atoms with E-state index in [0.29, 0.717) is 41.1 Å². The summed E-state index contributed by atoms with van der Waals surface area (Å²) >= 11 is 0. The lowest BCUT2D eigenvalue weighted by atomic mass is 10.0. The van der Waals surface area contributed by atoms with Gasteiger partial charge in [0, 0.05) is 24.2 Å². The van der Waals surface area contributed by atoms with Crippen LogP contribution in [0.5, 0.6) is 0 Å². The van der Waals surface area contributed by atoms with Crippen LogP contribution in [0.3, 0.4) is 0 Å². The third kappa shape index (κ3) is 4.34. The number of oxazole rings is 1. The summed E-state index contributed by atoms with van der Waals surface area (Å²) in [6, 6.07) is 15.2. The summed E-state index contributed by atoms with van der Waals surface area (Å²) in [4.78, 5) is 29.8. The Bertz CT molecular complexity index is 1430. The summed E-state index contributed by atoms with van der Waals surface area (Å²) in [6.07, 6.45) is -3.06. The van der Waals surface area contributed by atoms with Gasteiger partial charge in [0.15, 0.2) is 5.58 Å². The van der Waals surface area contributed by atoms with Crippen LogP contribution in [-0.2, 0) is 6.18 Å². The summed E-state index contributed by atoms with van der Waals surface area (Å²) in [7, 11) is 0. The Morgan fingerprint density at radius 2 is 1.80 bits per heavy atom. The average molecular weight is 481 g/mol. The molecule has 0 unspecified atom stereocenters. The van der Waals surface area contributed by atoms with Crippen molar-refractivity contribution in [1.82, 2.24) is 9.88 Å². The van der Waals surface area contributed by atoms with E-state index < -0.39 is 22.7 Å². The summed E-state index contributed by atoms with van der Waals surface area (Å²) in [5.41, 5.74) is 1.63. The van der Waals surface area contributed by atoms with E-state index in [1.54, 1.807) is 23.1 Å². The van der Waals surface area contributed by atoms with Crippen molar-refractivity contribution in [2.45, 2.75) is 25.1 Å². The molecule has 3 aromatic carbocycles. The third-order valence-electron chi connectivity index (χ3n) is 6.05. The van der Waals surface area contributed by atoms with E-state index in [-0.39, 0.29) is 17.2 Å². The van der Waals surface area contributed by atoms with Crippen molar-refractivity contribution >= 4 is 22.7 Å². The molecule has 10 heteroatoms. The van der Waals surface area contributed by atoms with Gasteiger partial charge in [0.2, 0.25) is 5.89 Å². The van der Waals surface area contributed by atoms with Gasteiger partial charge in [-0.2, -0.15) is 13.2 Å².